The number of aromatic amines is 1. The molecule has 2 aromatic heterocycles. The summed E-state index contributed by atoms with van der Waals surface area (Å²) in [5, 5.41) is 4.17. The average Bonchev–Trinajstić information content (AvgIpc) is 2.84. The van der Waals surface area contributed by atoms with Crippen LogP contribution in [0.3, 0.4) is 0 Å². The molecule has 3 aromatic rings. The molecule has 16 heavy (non-hydrogen) atoms. The molecule has 80 valence electrons. The Kier molecular flexibility index (Phi) is 2.19. The van der Waals surface area contributed by atoms with Gasteiger partial charge in [-0.2, -0.15) is 11.3 Å². The maximum Gasteiger partial charge on any atom is 0.182 e. The van der Waals surface area contributed by atoms with E-state index in [4.69, 9.17) is 12.2 Å². The van der Waals surface area contributed by atoms with Crippen LogP contribution in [0.5, 0.6) is 0 Å². The zero-order valence-electron chi connectivity index (χ0n) is 8.73. The van der Waals surface area contributed by atoms with E-state index in [9.17, 15) is 0 Å². The van der Waals surface area contributed by atoms with Gasteiger partial charge in [0, 0.05) is 5.38 Å². The summed E-state index contributed by atoms with van der Waals surface area (Å²) < 4.78 is 2.85. The van der Waals surface area contributed by atoms with E-state index in [0.717, 1.165) is 16.0 Å². The van der Waals surface area contributed by atoms with Gasteiger partial charge in [-0.1, -0.05) is 12.1 Å². The van der Waals surface area contributed by atoms with Gasteiger partial charge in [0.1, 0.15) is 0 Å². The van der Waals surface area contributed by atoms with Crippen LogP contribution in [-0.2, 0) is 0 Å². The molecule has 0 radical (unpaired) electrons. The maximum atomic E-state index is 5.37. The highest BCUT2D eigenvalue weighted by atomic mass is 32.1. The van der Waals surface area contributed by atoms with Gasteiger partial charge in [0.15, 0.2) is 4.77 Å². The van der Waals surface area contributed by atoms with E-state index < -0.39 is 0 Å². The number of benzene rings is 1. The summed E-state index contributed by atoms with van der Waals surface area (Å²) in [5.74, 6) is 0. The van der Waals surface area contributed by atoms with Crippen LogP contribution in [0, 0.1) is 11.7 Å². The van der Waals surface area contributed by atoms with Gasteiger partial charge in [0.05, 0.1) is 16.7 Å². The molecule has 0 saturated heterocycles. The molecule has 0 spiro atoms. The van der Waals surface area contributed by atoms with Crippen LogP contribution in [0.2, 0.25) is 0 Å². The molecule has 0 aliphatic carbocycles. The monoisotopic (exact) mass is 246 g/mol. The van der Waals surface area contributed by atoms with Crippen LogP contribution in [0.4, 0.5) is 0 Å². The van der Waals surface area contributed by atoms with Gasteiger partial charge in [-0.15, -0.1) is 0 Å². The van der Waals surface area contributed by atoms with Gasteiger partial charge in [0.2, 0.25) is 0 Å². The van der Waals surface area contributed by atoms with Gasteiger partial charge < -0.3 is 4.98 Å². The summed E-state index contributed by atoms with van der Waals surface area (Å²) in [7, 11) is 0. The predicted molar refractivity (Wildman–Crippen MR) is 71.1 cm³/mol. The molecule has 2 heterocycles. The number of fused-ring (bicyclic) bond motifs is 1. The summed E-state index contributed by atoms with van der Waals surface area (Å²) >= 11 is 7.05. The molecule has 3 rings (SSSR count). The number of imidazole rings is 1. The number of hydrogen-bond donors (Lipinski definition) is 1. The van der Waals surface area contributed by atoms with Gasteiger partial charge in [-0.05, 0) is 42.2 Å². The number of aromatic nitrogens is 2. The molecule has 1 N–H and O–H groups in total. The minimum atomic E-state index is 0.753. The molecule has 0 aliphatic heterocycles. The number of nitrogens with one attached hydrogen (secondary N) is 1. The van der Waals surface area contributed by atoms with E-state index in [2.05, 4.69) is 45.4 Å². The molecule has 4 heteroatoms. The van der Waals surface area contributed by atoms with Crippen LogP contribution in [0.1, 0.15) is 5.56 Å². The largest absolute Gasteiger partial charge is 0.330 e. The van der Waals surface area contributed by atoms with E-state index in [0.29, 0.717) is 0 Å². The second-order valence-corrected chi connectivity index (χ2v) is 4.88. The molecule has 1 aromatic carbocycles. The minimum absolute atomic E-state index is 0.753. The van der Waals surface area contributed by atoms with E-state index >= 15 is 0 Å². The first kappa shape index (κ1) is 9.81. The van der Waals surface area contributed by atoms with E-state index in [1.54, 1.807) is 11.3 Å². The van der Waals surface area contributed by atoms with Gasteiger partial charge >= 0.3 is 0 Å². The summed E-state index contributed by atoms with van der Waals surface area (Å²) in [6.07, 6.45) is 0. The van der Waals surface area contributed by atoms with Crippen molar-refractivity contribution in [3.8, 4) is 5.69 Å². The van der Waals surface area contributed by atoms with Crippen molar-refractivity contribution in [2.75, 3.05) is 0 Å². The summed E-state index contributed by atoms with van der Waals surface area (Å²) in [4.78, 5) is 3.24. The quantitative estimate of drug-likeness (QED) is 0.642. The van der Waals surface area contributed by atoms with E-state index in [-0.39, 0.29) is 0 Å². The highest BCUT2D eigenvalue weighted by Crippen LogP contribution is 2.23. The fourth-order valence-electron chi connectivity index (χ4n) is 1.96. The molecular formula is C12H10N2S2. The van der Waals surface area contributed by atoms with Crippen molar-refractivity contribution in [1.29, 1.82) is 0 Å². The smallest absolute Gasteiger partial charge is 0.182 e. The van der Waals surface area contributed by atoms with Crippen molar-refractivity contribution in [2.45, 2.75) is 6.92 Å². The Bertz CT molecular complexity index is 689. The lowest BCUT2D eigenvalue weighted by Gasteiger charge is -2.03. The van der Waals surface area contributed by atoms with Crippen LogP contribution in [0.25, 0.3) is 16.7 Å². The molecule has 0 bridgehead atoms. The Balaban J connectivity index is 2.49. The minimum Gasteiger partial charge on any atom is -0.330 e. The summed E-state index contributed by atoms with van der Waals surface area (Å²) in [6.45, 7) is 2.10. The number of nitrogens with zero attached hydrogens (tertiary/aromatic N) is 1. The first-order valence-electron chi connectivity index (χ1n) is 5.00. The lowest BCUT2D eigenvalue weighted by Crippen LogP contribution is -1.92. The fraction of sp³-hybridized carbons (Fsp3) is 0.0833. The van der Waals surface area contributed by atoms with Crippen molar-refractivity contribution in [3.63, 3.8) is 0 Å². The molecule has 2 nitrogen and oxygen atoms in total. The maximum absolute atomic E-state index is 5.37. The fourth-order valence-corrected chi connectivity index (χ4v) is 2.89. The molecule has 0 amide bonds. The Labute approximate surface area is 102 Å². The molecular weight excluding hydrogens is 236 g/mol. The normalized spacial score (nSPS) is 11.1. The van der Waals surface area contributed by atoms with Crippen molar-refractivity contribution in [1.82, 2.24) is 9.55 Å². The number of rotatable bonds is 1. The number of para-hydroxylation sites is 1. The molecule has 0 aliphatic rings. The molecule has 0 fully saturated rings. The molecule has 0 unspecified atom stereocenters. The number of thiophene rings is 1. The third-order valence-corrected chi connectivity index (χ3v) is 3.63. The second-order valence-electron chi connectivity index (χ2n) is 3.72. The molecule has 0 saturated carbocycles. The first-order valence-corrected chi connectivity index (χ1v) is 6.35. The lowest BCUT2D eigenvalue weighted by molar-refractivity contribution is 1.07. The van der Waals surface area contributed by atoms with Crippen LogP contribution in [-0.4, -0.2) is 9.55 Å². The van der Waals surface area contributed by atoms with Gasteiger partial charge in [-0.25, -0.2) is 0 Å². The standard InChI is InChI=1S/C12H10N2S2/c1-8-3-2-4-10-11(8)14(12(15)13-10)9-5-6-16-7-9/h2-7H,1H3,(H,13,15). The molecule has 0 atom stereocenters. The zero-order chi connectivity index (χ0) is 11.1. The Morgan fingerprint density at radius 1 is 1.31 bits per heavy atom. The van der Waals surface area contributed by atoms with Crippen LogP contribution in [0.15, 0.2) is 35.0 Å². The zero-order valence-corrected chi connectivity index (χ0v) is 10.4. The highest BCUT2D eigenvalue weighted by molar-refractivity contribution is 7.71. The number of H-pyrrole nitrogens is 1. The Morgan fingerprint density at radius 3 is 2.94 bits per heavy atom. The topological polar surface area (TPSA) is 20.7 Å². The highest BCUT2D eigenvalue weighted by Gasteiger charge is 2.08. The second kappa shape index (κ2) is 3.57. The lowest BCUT2D eigenvalue weighted by atomic mass is 10.2. The van der Waals surface area contributed by atoms with E-state index in [1.807, 2.05) is 6.07 Å². The predicted octanol–water partition coefficient (Wildman–Crippen LogP) is 4.06. The number of hydrogen-bond acceptors (Lipinski definition) is 2. The van der Waals surface area contributed by atoms with Crippen molar-refractivity contribution >= 4 is 34.6 Å². The van der Waals surface area contributed by atoms with Crippen molar-refractivity contribution < 1.29 is 0 Å². The van der Waals surface area contributed by atoms with Gasteiger partial charge in [0.25, 0.3) is 0 Å². The summed E-state index contributed by atoms with van der Waals surface area (Å²) in [6, 6.07) is 8.29. The Hall–Kier alpha value is -1.39. The Morgan fingerprint density at radius 2 is 2.19 bits per heavy atom. The van der Waals surface area contributed by atoms with Crippen LogP contribution < -0.4 is 0 Å². The van der Waals surface area contributed by atoms with Crippen molar-refractivity contribution in [3.05, 3.63) is 45.4 Å². The van der Waals surface area contributed by atoms with Crippen molar-refractivity contribution in [2.24, 2.45) is 0 Å². The third kappa shape index (κ3) is 1.34. The van der Waals surface area contributed by atoms with Gasteiger partial charge in [-0.3, -0.25) is 4.57 Å². The first-order chi connectivity index (χ1) is 7.77. The average molecular weight is 246 g/mol. The van der Waals surface area contributed by atoms with Crippen LogP contribution >= 0.6 is 23.6 Å². The number of aryl methyl sites for hydroxylation is 1. The SMILES string of the molecule is Cc1cccc2[nH]c(=S)n(-c3ccsc3)c12. The van der Waals surface area contributed by atoms with E-state index in [1.165, 1.54) is 11.1 Å². The summed E-state index contributed by atoms with van der Waals surface area (Å²) in [5.41, 5.74) is 4.63. The third-order valence-electron chi connectivity index (χ3n) is 2.67.